The van der Waals surface area contributed by atoms with Crippen LogP contribution in [0.15, 0.2) is 18.2 Å². The summed E-state index contributed by atoms with van der Waals surface area (Å²) in [5.41, 5.74) is 6.99. The van der Waals surface area contributed by atoms with Crippen LogP contribution in [-0.2, 0) is 0 Å². The van der Waals surface area contributed by atoms with Crippen LogP contribution in [0.4, 0.5) is 0 Å². The lowest BCUT2D eigenvalue weighted by atomic mass is 10.1. The minimum absolute atomic E-state index is 0.0836. The summed E-state index contributed by atoms with van der Waals surface area (Å²) in [6.07, 6.45) is 5.26. The first kappa shape index (κ1) is 13.2. The van der Waals surface area contributed by atoms with Crippen molar-refractivity contribution < 1.29 is 9.47 Å². The second kappa shape index (κ2) is 6.10. The summed E-state index contributed by atoms with van der Waals surface area (Å²) in [4.78, 5) is 0. The van der Waals surface area contributed by atoms with Gasteiger partial charge in [0.05, 0.1) is 19.3 Å². The van der Waals surface area contributed by atoms with Crippen LogP contribution < -0.4 is 15.2 Å². The summed E-state index contributed by atoms with van der Waals surface area (Å²) >= 11 is 0. The van der Waals surface area contributed by atoms with Crippen LogP contribution in [-0.4, -0.2) is 13.7 Å². The first-order chi connectivity index (χ1) is 8.72. The summed E-state index contributed by atoms with van der Waals surface area (Å²) in [5.74, 6) is 2.39. The quantitative estimate of drug-likeness (QED) is 0.871. The largest absolute Gasteiger partial charge is 0.496 e. The Hall–Kier alpha value is -1.22. The monoisotopic (exact) mass is 249 g/mol. The van der Waals surface area contributed by atoms with E-state index in [2.05, 4.69) is 0 Å². The average molecular weight is 249 g/mol. The summed E-state index contributed by atoms with van der Waals surface area (Å²) < 4.78 is 11.3. The Labute approximate surface area is 109 Å². The van der Waals surface area contributed by atoms with Crippen molar-refractivity contribution in [3.05, 3.63) is 23.8 Å². The third-order valence-electron chi connectivity index (χ3n) is 3.65. The van der Waals surface area contributed by atoms with Crippen LogP contribution in [0, 0.1) is 5.92 Å². The first-order valence-electron chi connectivity index (χ1n) is 6.77. The summed E-state index contributed by atoms with van der Waals surface area (Å²) in [5, 5.41) is 0. The number of rotatable bonds is 5. The molecule has 1 aromatic rings. The Balaban J connectivity index is 2.10. The van der Waals surface area contributed by atoms with Gasteiger partial charge >= 0.3 is 0 Å². The number of benzene rings is 1. The van der Waals surface area contributed by atoms with Crippen LogP contribution in [0.1, 0.15) is 44.2 Å². The zero-order chi connectivity index (χ0) is 13.0. The number of hydrogen-bond acceptors (Lipinski definition) is 3. The molecule has 1 atom stereocenters. The molecule has 0 aliphatic heterocycles. The lowest BCUT2D eigenvalue weighted by molar-refractivity contribution is 0.247. The van der Waals surface area contributed by atoms with Crippen molar-refractivity contribution in [1.82, 2.24) is 0 Å². The normalized spacial score (nSPS) is 17.7. The molecule has 2 rings (SSSR count). The molecular formula is C15H23NO2. The van der Waals surface area contributed by atoms with Crippen molar-refractivity contribution in [3.63, 3.8) is 0 Å². The van der Waals surface area contributed by atoms with Crippen molar-refractivity contribution in [3.8, 4) is 11.5 Å². The molecule has 1 unspecified atom stereocenters. The third kappa shape index (κ3) is 2.96. The maximum absolute atomic E-state index is 6.01. The number of ether oxygens (including phenoxy) is 2. The molecule has 1 aliphatic rings. The highest BCUT2D eigenvalue weighted by atomic mass is 16.5. The zero-order valence-corrected chi connectivity index (χ0v) is 11.3. The molecule has 1 saturated carbocycles. The van der Waals surface area contributed by atoms with Gasteiger partial charge in [0, 0.05) is 6.04 Å². The topological polar surface area (TPSA) is 44.5 Å². The zero-order valence-electron chi connectivity index (χ0n) is 11.3. The van der Waals surface area contributed by atoms with E-state index in [1.54, 1.807) is 7.11 Å². The minimum atomic E-state index is -0.0836. The van der Waals surface area contributed by atoms with Crippen LogP contribution >= 0.6 is 0 Å². The molecule has 1 fully saturated rings. The standard InChI is InChI=1S/C15H23NO2/c1-11(16)15-13(17-2)8-5-9-14(15)18-10-12-6-3-4-7-12/h5,8-9,11-12H,3-4,6-7,10,16H2,1-2H3. The Morgan fingerprint density at radius 3 is 2.56 bits per heavy atom. The van der Waals surface area contributed by atoms with E-state index in [0.717, 1.165) is 23.7 Å². The van der Waals surface area contributed by atoms with Crippen molar-refractivity contribution in [2.24, 2.45) is 11.7 Å². The molecule has 1 aromatic carbocycles. The Morgan fingerprint density at radius 2 is 1.94 bits per heavy atom. The molecule has 3 nitrogen and oxygen atoms in total. The molecule has 0 saturated heterocycles. The van der Waals surface area contributed by atoms with Gasteiger partial charge in [0.15, 0.2) is 0 Å². The summed E-state index contributed by atoms with van der Waals surface area (Å²) in [7, 11) is 1.67. The molecule has 0 bridgehead atoms. The second-order valence-corrected chi connectivity index (χ2v) is 5.12. The fraction of sp³-hybridized carbons (Fsp3) is 0.600. The number of nitrogens with two attached hydrogens (primary N) is 1. The number of methoxy groups -OCH3 is 1. The molecule has 2 N–H and O–H groups in total. The molecule has 100 valence electrons. The van der Waals surface area contributed by atoms with E-state index in [1.807, 2.05) is 25.1 Å². The molecule has 0 spiro atoms. The Bertz CT molecular complexity index is 384. The Morgan fingerprint density at radius 1 is 1.28 bits per heavy atom. The smallest absolute Gasteiger partial charge is 0.127 e. The van der Waals surface area contributed by atoms with Crippen LogP contribution in [0.2, 0.25) is 0 Å². The predicted octanol–water partition coefficient (Wildman–Crippen LogP) is 3.28. The van der Waals surface area contributed by atoms with Crippen molar-refractivity contribution >= 4 is 0 Å². The van der Waals surface area contributed by atoms with E-state index < -0.39 is 0 Å². The highest BCUT2D eigenvalue weighted by Gasteiger charge is 2.18. The van der Waals surface area contributed by atoms with Gasteiger partial charge in [0.25, 0.3) is 0 Å². The number of hydrogen-bond donors (Lipinski definition) is 1. The molecule has 0 aromatic heterocycles. The average Bonchev–Trinajstić information content (AvgIpc) is 2.88. The highest BCUT2D eigenvalue weighted by molar-refractivity contribution is 5.46. The van der Waals surface area contributed by atoms with Gasteiger partial charge < -0.3 is 15.2 Å². The fourth-order valence-corrected chi connectivity index (χ4v) is 2.66. The lowest BCUT2D eigenvalue weighted by Gasteiger charge is -2.18. The maximum Gasteiger partial charge on any atom is 0.127 e. The van der Waals surface area contributed by atoms with E-state index >= 15 is 0 Å². The molecule has 3 heteroatoms. The van der Waals surface area contributed by atoms with Gasteiger partial charge in [-0.15, -0.1) is 0 Å². The van der Waals surface area contributed by atoms with E-state index in [-0.39, 0.29) is 6.04 Å². The molecule has 18 heavy (non-hydrogen) atoms. The SMILES string of the molecule is COc1cccc(OCC2CCCC2)c1C(C)N. The van der Waals surface area contributed by atoms with Crippen LogP contribution in [0.5, 0.6) is 11.5 Å². The predicted molar refractivity (Wildman–Crippen MR) is 73.0 cm³/mol. The van der Waals surface area contributed by atoms with Gasteiger partial charge in [-0.1, -0.05) is 18.9 Å². The van der Waals surface area contributed by atoms with Crippen molar-refractivity contribution in [2.45, 2.75) is 38.6 Å². The van der Waals surface area contributed by atoms with Gasteiger partial charge in [-0.25, -0.2) is 0 Å². The highest BCUT2D eigenvalue weighted by Crippen LogP contribution is 2.34. The van der Waals surface area contributed by atoms with Gasteiger partial charge in [-0.3, -0.25) is 0 Å². The first-order valence-corrected chi connectivity index (χ1v) is 6.77. The molecular weight excluding hydrogens is 226 g/mol. The second-order valence-electron chi connectivity index (χ2n) is 5.12. The van der Waals surface area contributed by atoms with Gasteiger partial charge in [-0.05, 0) is 37.8 Å². The minimum Gasteiger partial charge on any atom is -0.496 e. The van der Waals surface area contributed by atoms with Crippen molar-refractivity contribution in [2.75, 3.05) is 13.7 Å². The summed E-state index contributed by atoms with van der Waals surface area (Å²) in [6, 6.07) is 5.78. The van der Waals surface area contributed by atoms with E-state index in [1.165, 1.54) is 25.7 Å². The molecule has 0 radical (unpaired) electrons. The van der Waals surface area contributed by atoms with E-state index in [4.69, 9.17) is 15.2 Å². The fourth-order valence-electron chi connectivity index (χ4n) is 2.66. The molecule has 0 heterocycles. The Kier molecular flexibility index (Phi) is 4.48. The lowest BCUT2D eigenvalue weighted by Crippen LogP contribution is -2.13. The third-order valence-corrected chi connectivity index (χ3v) is 3.65. The van der Waals surface area contributed by atoms with Gasteiger partial charge in [0.1, 0.15) is 11.5 Å². The van der Waals surface area contributed by atoms with Crippen molar-refractivity contribution in [1.29, 1.82) is 0 Å². The van der Waals surface area contributed by atoms with Gasteiger partial charge in [0.2, 0.25) is 0 Å². The van der Waals surface area contributed by atoms with Crippen LogP contribution in [0.25, 0.3) is 0 Å². The van der Waals surface area contributed by atoms with Crippen LogP contribution in [0.3, 0.4) is 0 Å². The molecule has 1 aliphatic carbocycles. The van der Waals surface area contributed by atoms with Gasteiger partial charge in [-0.2, -0.15) is 0 Å². The van der Waals surface area contributed by atoms with E-state index in [0.29, 0.717) is 5.92 Å². The maximum atomic E-state index is 6.01. The van der Waals surface area contributed by atoms with E-state index in [9.17, 15) is 0 Å². The summed E-state index contributed by atoms with van der Waals surface area (Å²) in [6.45, 7) is 2.76. The molecule has 0 amide bonds.